The van der Waals surface area contributed by atoms with E-state index in [-0.39, 0.29) is 23.8 Å². The summed E-state index contributed by atoms with van der Waals surface area (Å²) >= 11 is 0. The molecule has 3 aliphatic rings. The number of piperidine rings is 1. The summed E-state index contributed by atoms with van der Waals surface area (Å²) in [5.74, 6) is 0. The zero-order valence-corrected chi connectivity index (χ0v) is 11.7. The standard InChI is InChI=1S/C13H21FN4O2/c1-17-8-13(20-12(17)19)2-4-18(5-3-13)11-9(14)6-16-7-10(11)15/h6,9-11H,2-5,7-8,15H2,1H3. The van der Waals surface area contributed by atoms with Crippen molar-refractivity contribution < 1.29 is 13.9 Å². The zero-order chi connectivity index (χ0) is 14.3. The number of rotatable bonds is 1. The average Bonchev–Trinajstić information content (AvgIpc) is 2.67. The van der Waals surface area contributed by atoms with Crippen molar-refractivity contribution in [3.63, 3.8) is 0 Å². The molecule has 6 nitrogen and oxygen atoms in total. The summed E-state index contributed by atoms with van der Waals surface area (Å²) in [6.07, 6.45) is 1.46. The van der Waals surface area contributed by atoms with E-state index in [0.29, 0.717) is 26.2 Å². The van der Waals surface area contributed by atoms with Gasteiger partial charge in [-0.05, 0) is 0 Å². The summed E-state index contributed by atoms with van der Waals surface area (Å²) in [6, 6.07) is -0.572. The lowest BCUT2D eigenvalue weighted by Gasteiger charge is -2.44. The van der Waals surface area contributed by atoms with E-state index in [4.69, 9.17) is 10.5 Å². The maximum absolute atomic E-state index is 14.0. The lowest BCUT2D eigenvalue weighted by molar-refractivity contribution is -0.0201. The first-order valence-corrected chi connectivity index (χ1v) is 7.08. The lowest BCUT2D eigenvalue weighted by Crippen LogP contribution is -2.60. The fourth-order valence-electron chi connectivity index (χ4n) is 3.47. The number of amides is 1. The Labute approximate surface area is 117 Å². The van der Waals surface area contributed by atoms with Crippen LogP contribution in [0.2, 0.25) is 0 Å². The number of likely N-dealkylation sites (N-methyl/N-ethyl adjacent to an activating group) is 1. The molecule has 20 heavy (non-hydrogen) atoms. The molecule has 3 aliphatic heterocycles. The molecule has 2 fully saturated rings. The summed E-state index contributed by atoms with van der Waals surface area (Å²) < 4.78 is 19.5. The number of alkyl halides is 1. The van der Waals surface area contributed by atoms with Gasteiger partial charge in [-0.15, -0.1) is 0 Å². The Morgan fingerprint density at radius 3 is 2.75 bits per heavy atom. The van der Waals surface area contributed by atoms with Crippen LogP contribution in [0.4, 0.5) is 9.18 Å². The molecule has 0 aromatic rings. The number of nitrogens with zero attached hydrogens (tertiary/aromatic N) is 3. The van der Waals surface area contributed by atoms with Crippen molar-refractivity contribution in [3.8, 4) is 0 Å². The van der Waals surface area contributed by atoms with Crippen LogP contribution in [0.3, 0.4) is 0 Å². The number of nitrogens with two attached hydrogens (primary N) is 1. The number of halogens is 1. The van der Waals surface area contributed by atoms with Crippen LogP contribution in [0.25, 0.3) is 0 Å². The summed E-state index contributed by atoms with van der Waals surface area (Å²) in [5.41, 5.74) is 5.61. The predicted octanol–water partition coefficient (Wildman–Crippen LogP) is 0.0214. The molecule has 0 aromatic carbocycles. The molecule has 0 aliphatic carbocycles. The minimum absolute atomic E-state index is 0.261. The third-order valence-electron chi connectivity index (χ3n) is 4.60. The van der Waals surface area contributed by atoms with Gasteiger partial charge in [-0.2, -0.15) is 0 Å². The van der Waals surface area contributed by atoms with Crippen molar-refractivity contribution in [2.75, 3.05) is 33.2 Å². The molecule has 3 rings (SSSR count). The Hall–Kier alpha value is -1.21. The van der Waals surface area contributed by atoms with Gasteiger partial charge in [0.15, 0.2) is 6.17 Å². The van der Waals surface area contributed by atoms with E-state index in [9.17, 15) is 9.18 Å². The van der Waals surface area contributed by atoms with Gasteiger partial charge in [0.2, 0.25) is 0 Å². The van der Waals surface area contributed by atoms with Crippen LogP contribution in [-0.2, 0) is 4.74 Å². The highest BCUT2D eigenvalue weighted by molar-refractivity contribution is 5.70. The van der Waals surface area contributed by atoms with Gasteiger partial charge in [0.1, 0.15) is 5.60 Å². The molecule has 0 aromatic heterocycles. The smallest absolute Gasteiger partial charge is 0.410 e. The number of carbonyl (C=O) groups excluding carboxylic acids is 1. The van der Waals surface area contributed by atoms with Crippen molar-refractivity contribution >= 4 is 12.3 Å². The predicted molar refractivity (Wildman–Crippen MR) is 72.7 cm³/mol. The van der Waals surface area contributed by atoms with Gasteiger partial charge in [-0.25, -0.2) is 9.18 Å². The normalized spacial score (nSPS) is 37.5. The first-order chi connectivity index (χ1) is 9.51. The van der Waals surface area contributed by atoms with E-state index in [1.807, 2.05) is 0 Å². The van der Waals surface area contributed by atoms with E-state index in [1.54, 1.807) is 11.9 Å². The van der Waals surface area contributed by atoms with Crippen LogP contribution in [0.5, 0.6) is 0 Å². The van der Waals surface area contributed by atoms with Crippen molar-refractivity contribution in [2.45, 2.75) is 36.7 Å². The van der Waals surface area contributed by atoms with Gasteiger partial charge in [0, 0.05) is 45.2 Å². The maximum atomic E-state index is 14.0. The monoisotopic (exact) mass is 284 g/mol. The third-order valence-corrected chi connectivity index (χ3v) is 4.60. The van der Waals surface area contributed by atoms with Crippen LogP contribution >= 0.6 is 0 Å². The number of ether oxygens (including phenoxy) is 1. The summed E-state index contributed by atoms with van der Waals surface area (Å²) in [4.78, 5) is 19.2. The van der Waals surface area contributed by atoms with Crippen molar-refractivity contribution in [1.82, 2.24) is 9.80 Å². The van der Waals surface area contributed by atoms with Crippen LogP contribution in [0.15, 0.2) is 4.99 Å². The number of hydrogen-bond acceptors (Lipinski definition) is 5. The Morgan fingerprint density at radius 1 is 1.50 bits per heavy atom. The molecular formula is C13H21FN4O2. The number of carbonyl (C=O) groups is 1. The van der Waals surface area contributed by atoms with Crippen molar-refractivity contribution in [2.24, 2.45) is 10.7 Å². The minimum atomic E-state index is -1.11. The number of hydrogen-bond donors (Lipinski definition) is 1. The Balaban J connectivity index is 1.64. The molecule has 1 amide bonds. The molecule has 0 saturated carbocycles. The SMILES string of the molecule is CN1CC2(CCN(C3C(F)C=NCC3N)CC2)OC1=O. The van der Waals surface area contributed by atoms with Crippen LogP contribution in [0.1, 0.15) is 12.8 Å². The molecule has 7 heteroatoms. The quantitative estimate of drug-likeness (QED) is 0.737. The molecule has 2 N–H and O–H groups in total. The van der Waals surface area contributed by atoms with Crippen LogP contribution in [-0.4, -0.2) is 79.2 Å². The van der Waals surface area contributed by atoms with Gasteiger partial charge < -0.3 is 15.4 Å². The molecule has 0 bridgehead atoms. The minimum Gasteiger partial charge on any atom is -0.441 e. The second-order valence-electron chi connectivity index (χ2n) is 6.06. The van der Waals surface area contributed by atoms with Crippen LogP contribution < -0.4 is 5.73 Å². The van der Waals surface area contributed by atoms with Crippen molar-refractivity contribution in [1.29, 1.82) is 0 Å². The molecule has 3 unspecified atom stereocenters. The van der Waals surface area contributed by atoms with Crippen LogP contribution in [0, 0.1) is 0 Å². The zero-order valence-electron chi connectivity index (χ0n) is 11.7. The second-order valence-corrected chi connectivity index (χ2v) is 6.06. The summed E-state index contributed by atoms with van der Waals surface area (Å²) in [5, 5.41) is 0. The summed E-state index contributed by atoms with van der Waals surface area (Å²) in [7, 11) is 1.74. The fraction of sp³-hybridized carbons (Fsp3) is 0.846. The molecule has 2 saturated heterocycles. The Bertz CT molecular complexity index is 423. The molecule has 0 radical (unpaired) electrons. The number of aliphatic imine (C=N–C) groups is 1. The lowest BCUT2D eigenvalue weighted by atomic mass is 9.88. The van der Waals surface area contributed by atoms with E-state index < -0.39 is 6.17 Å². The molecule has 112 valence electrons. The highest BCUT2D eigenvalue weighted by Gasteiger charge is 2.47. The van der Waals surface area contributed by atoms with E-state index in [0.717, 1.165) is 12.8 Å². The Morgan fingerprint density at radius 2 is 2.20 bits per heavy atom. The van der Waals surface area contributed by atoms with Gasteiger partial charge >= 0.3 is 6.09 Å². The molecular weight excluding hydrogens is 263 g/mol. The topological polar surface area (TPSA) is 71.2 Å². The first-order valence-electron chi connectivity index (χ1n) is 7.08. The van der Waals surface area contributed by atoms with Gasteiger partial charge in [0.25, 0.3) is 0 Å². The van der Waals surface area contributed by atoms with E-state index in [2.05, 4.69) is 9.89 Å². The fourth-order valence-corrected chi connectivity index (χ4v) is 3.47. The Kier molecular flexibility index (Phi) is 3.41. The highest BCUT2D eigenvalue weighted by atomic mass is 19.1. The van der Waals surface area contributed by atoms with Crippen molar-refractivity contribution in [3.05, 3.63) is 0 Å². The highest BCUT2D eigenvalue weighted by Crippen LogP contribution is 2.34. The largest absolute Gasteiger partial charge is 0.441 e. The number of likely N-dealkylation sites (tertiary alicyclic amines) is 1. The van der Waals surface area contributed by atoms with E-state index in [1.165, 1.54) is 6.21 Å². The maximum Gasteiger partial charge on any atom is 0.410 e. The van der Waals surface area contributed by atoms with E-state index >= 15 is 0 Å². The summed E-state index contributed by atoms with van der Waals surface area (Å²) in [6.45, 7) is 2.50. The molecule has 1 spiro atoms. The van der Waals surface area contributed by atoms with Gasteiger partial charge in [-0.3, -0.25) is 9.89 Å². The van der Waals surface area contributed by atoms with Gasteiger partial charge in [-0.1, -0.05) is 0 Å². The molecule has 3 heterocycles. The average molecular weight is 284 g/mol. The first kappa shape index (κ1) is 13.8. The van der Waals surface area contributed by atoms with Gasteiger partial charge in [0.05, 0.1) is 19.1 Å². The third kappa shape index (κ3) is 2.29. The molecule has 3 atom stereocenters. The second kappa shape index (κ2) is 4.96.